The third-order valence-corrected chi connectivity index (χ3v) is 14.4. The van der Waals surface area contributed by atoms with Crippen molar-refractivity contribution in [2.24, 2.45) is 0 Å². The van der Waals surface area contributed by atoms with Gasteiger partial charge in [-0.05, 0) is 117 Å². The van der Waals surface area contributed by atoms with Crippen LogP contribution in [0.3, 0.4) is 0 Å². The quantitative estimate of drug-likeness (QED) is 0.166. The van der Waals surface area contributed by atoms with Crippen LogP contribution in [-0.2, 0) is 16.2 Å². The Morgan fingerprint density at radius 2 is 1.20 bits per heavy atom. The number of halogens is 1. The highest BCUT2D eigenvalue weighted by Crippen LogP contribution is 2.62. The number of benzene rings is 6. The van der Waals surface area contributed by atoms with E-state index in [9.17, 15) is 0 Å². The second kappa shape index (κ2) is 12.1. The van der Waals surface area contributed by atoms with Gasteiger partial charge in [-0.15, -0.1) is 0 Å². The van der Waals surface area contributed by atoms with E-state index in [1.54, 1.807) is 0 Å². The van der Waals surface area contributed by atoms with Crippen LogP contribution < -0.4 is 26.2 Å². The van der Waals surface area contributed by atoms with Crippen molar-refractivity contribution in [2.45, 2.75) is 103 Å². The lowest BCUT2D eigenvalue weighted by Crippen LogP contribution is -2.64. The molecule has 2 atom stereocenters. The van der Waals surface area contributed by atoms with Gasteiger partial charge >= 0.3 is 0 Å². The lowest BCUT2D eigenvalue weighted by molar-refractivity contribution is 0.195. The van der Waals surface area contributed by atoms with Crippen molar-refractivity contribution >= 4 is 63.1 Å². The molecule has 1 saturated carbocycles. The maximum absolute atomic E-state index is 7.43. The van der Waals surface area contributed by atoms with Crippen molar-refractivity contribution in [1.29, 1.82) is 0 Å². The topological polar surface area (TPSA) is 6.48 Å². The number of rotatable bonds is 3. The third kappa shape index (κ3) is 5.02. The van der Waals surface area contributed by atoms with E-state index >= 15 is 0 Å². The fourth-order valence-corrected chi connectivity index (χ4v) is 11.1. The second-order valence-corrected chi connectivity index (χ2v) is 19.9. The minimum atomic E-state index is -0.0914. The fraction of sp³-hybridized carbons (Fsp3) is 0.308. The first-order chi connectivity index (χ1) is 26.7. The lowest BCUT2D eigenvalue weighted by Gasteiger charge is -2.52. The summed E-state index contributed by atoms with van der Waals surface area (Å²) in [5.41, 5.74) is 19.5. The van der Waals surface area contributed by atoms with Crippen LogP contribution in [0.2, 0.25) is 5.02 Å². The summed E-state index contributed by atoms with van der Waals surface area (Å²) < 4.78 is 0. The van der Waals surface area contributed by atoms with E-state index in [4.69, 9.17) is 11.6 Å². The van der Waals surface area contributed by atoms with E-state index in [1.807, 2.05) is 0 Å². The maximum Gasteiger partial charge on any atom is 0.252 e. The van der Waals surface area contributed by atoms with Crippen molar-refractivity contribution in [1.82, 2.24) is 0 Å². The average molecular weight is 751 g/mol. The van der Waals surface area contributed by atoms with Gasteiger partial charge in [0.1, 0.15) is 0 Å². The lowest BCUT2D eigenvalue weighted by atomic mass is 9.33. The van der Waals surface area contributed by atoms with Gasteiger partial charge in [-0.3, -0.25) is 0 Å². The summed E-state index contributed by atoms with van der Waals surface area (Å²) in [6, 6.07) is 46.2. The normalized spacial score (nSPS) is 20.7. The fourth-order valence-electron chi connectivity index (χ4n) is 10.9. The average Bonchev–Trinajstić information content (AvgIpc) is 3.39. The summed E-state index contributed by atoms with van der Waals surface area (Å²) in [5.74, 6) is 0. The summed E-state index contributed by atoms with van der Waals surface area (Å²) in [6.45, 7) is 19.1. The first kappa shape index (κ1) is 35.7. The van der Waals surface area contributed by atoms with Crippen LogP contribution in [0.4, 0.5) is 28.4 Å². The van der Waals surface area contributed by atoms with Gasteiger partial charge in [0.25, 0.3) is 6.71 Å². The highest BCUT2D eigenvalue weighted by Gasteiger charge is 2.61. The molecule has 3 aliphatic heterocycles. The van der Waals surface area contributed by atoms with Crippen LogP contribution in [0.5, 0.6) is 0 Å². The smallest absolute Gasteiger partial charge is 0.252 e. The zero-order valence-corrected chi connectivity index (χ0v) is 35.0. The standard InChI is InChI=1S/C52H52BClN2/c1-49(2,3)36-22-24-43(39(29-36)34-19-13-10-14-20-34)55-44-30-37(50(4,5)6)21-23-41(44)53-42-28-35(33-17-11-9-12-18-33)27-40-48(42)56(46-32-38(54)31-45(55)47(46)53)52(8)26-16-15-25-51(40,52)7/h9-14,17-24,27-32H,15-16,25-26H2,1-8H3. The molecule has 2 unspecified atom stereocenters. The van der Waals surface area contributed by atoms with Crippen LogP contribution in [0, 0.1) is 0 Å². The summed E-state index contributed by atoms with van der Waals surface area (Å²) in [5, 5.41) is 0.782. The predicted octanol–water partition coefficient (Wildman–Crippen LogP) is 12.6. The number of hydrogen-bond donors (Lipinski definition) is 0. The zero-order chi connectivity index (χ0) is 38.9. The Morgan fingerprint density at radius 3 is 1.89 bits per heavy atom. The molecule has 0 N–H and O–H groups in total. The monoisotopic (exact) mass is 750 g/mol. The van der Waals surface area contributed by atoms with Gasteiger partial charge in [0.15, 0.2) is 0 Å². The maximum atomic E-state index is 7.43. The molecule has 4 heteroatoms. The molecule has 1 aliphatic carbocycles. The molecule has 1 fully saturated rings. The van der Waals surface area contributed by atoms with Crippen molar-refractivity contribution in [2.75, 3.05) is 9.80 Å². The summed E-state index contributed by atoms with van der Waals surface area (Å²) >= 11 is 7.43. The van der Waals surface area contributed by atoms with E-state index in [0.717, 1.165) is 11.4 Å². The van der Waals surface area contributed by atoms with Crippen molar-refractivity contribution in [3.05, 3.63) is 143 Å². The molecule has 4 aliphatic rings. The van der Waals surface area contributed by atoms with Crippen molar-refractivity contribution in [3.8, 4) is 22.3 Å². The third-order valence-electron chi connectivity index (χ3n) is 14.2. The minimum absolute atomic E-state index is 0.00267. The van der Waals surface area contributed by atoms with E-state index in [2.05, 4.69) is 187 Å². The molecule has 0 radical (unpaired) electrons. The number of anilines is 5. The van der Waals surface area contributed by atoms with Gasteiger partial charge in [0.05, 0.1) is 11.2 Å². The molecule has 0 amide bonds. The zero-order valence-electron chi connectivity index (χ0n) is 34.2. The summed E-state index contributed by atoms with van der Waals surface area (Å²) in [4.78, 5) is 5.35. The van der Waals surface area contributed by atoms with Gasteiger partial charge < -0.3 is 9.80 Å². The van der Waals surface area contributed by atoms with Crippen LogP contribution >= 0.6 is 11.6 Å². The molecular formula is C52H52BClN2. The first-order valence-electron chi connectivity index (χ1n) is 20.7. The Bertz CT molecular complexity index is 2560. The molecule has 2 nitrogen and oxygen atoms in total. The molecule has 56 heavy (non-hydrogen) atoms. The molecule has 280 valence electrons. The highest BCUT2D eigenvalue weighted by molar-refractivity contribution is 7.00. The molecular weight excluding hydrogens is 699 g/mol. The van der Waals surface area contributed by atoms with Crippen LogP contribution in [-0.4, -0.2) is 12.3 Å². The number of fused-ring (bicyclic) bond motifs is 7. The van der Waals surface area contributed by atoms with E-state index < -0.39 is 0 Å². The largest absolute Gasteiger partial charge is 0.335 e. The second-order valence-electron chi connectivity index (χ2n) is 19.5. The van der Waals surface area contributed by atoms with E-state index in [1.165, 1.54) is 103 Å². The summed E-state index contributed by atoms with van der Waals surface area (Å²) in [6.07, 6.45) is 4.80. The van der Waals surface area contributed by atoms with Crippen LogP contribution in [0.15, 0.2) is 121 Å². The molecule has 3 heterocycles. The van der Waals surface area contributed by atoms with E-state index in [-0.39, 0.29) is 28.5 Å². The van der Waals surface area contributed by atoms with Crippen LogP contribution in [0.25, 0.3) is 22.3 Å². The molecule has 10 rings (SSSR count). The molecule has 6 aromatic rings. The van der Waals surface area contributed by atoms with Gasteiger partial charge in [0, 0.05) is 38.8 Å². The van der Waals surface area contributed by atoms with Crippen molar-refractivity contribution in [3.63, 3.8) is 0 Å². The number of hydrogen-bond acceptors (Lipinski definition) is 2. The molecule has 0 bridgehead atoms. The molecule has 0 saturated heterocycles. The SMILES string of the molecule is CC(C)(C)c1ccc(N2c3cc(C(C)(C)C)ccc3B3c4cc(-c5ccccc5)cc5c4N(c4cc(Cl)cc2c43)C2(C)CCCCC52C)c(-c2ccccc2)c1. The predicted molar refractivity (Wildman–Crippen MR) is 242 cm³/mol. The van der Waals surface area contributed by atoms with Gasteiger partial charge in [-0.2, -0.15) is 0 Å². The van der Waals surface area contributed by atoms with E-state index in [0.29, 0.717) is 0 Å². The van der Waals surface area contributed by atoms with Gasteiger partial charge in [-0.1, -0.05) is 158 Å². The number of nitrogens with zero attached hydrogens (tertiary/aromatic N) is 2. The Hall–Kier alpha value is -4.73. The Kier molecular flexibility index (Phi) is 7.73. The van der Waals surface area contributed by atoms with Gasteiger partial charge in [0.2, 0.25) is 0 Å². The van der Waals surface area contributed by atoms with Crippen molar-refractivity contribution < 1.29 is 0 Å². The first-order valence-corrected chi connectivity index (χ1v) is 21.1. The molecule has 6 aromatic carbocycles. The summed E-state index contributed by atoms with van der Waals surface area (Å²) in [7, 11) is 0. The van der Waals surface area contributed by atoms with Gasteiger partial charge in [-0.25, -0.2) is 0 Å². The minimum Gasteiger partial charge on any atom is -0.335 e. The molecule has 0 aromatic heterocycles. The Balaban J connectivity index is 1.33. The van der Waals surface area contributed by atoms with Crippen LogP contribution in [0.1, 0.15) is 97.8 Å². The molecule has 0 spiro atoms. The highest BCUT2D eigenvalue weighted by atomic mass is 35.5. The Labute approximate surface area is 339 Å². The Morgan fingerprint density at radius 1 is 0.571 bits per heavy atom.